The molecule has 0 fully saturated rings. The van der Waals surface area contributed by atoms with Gasteiger partial charge in [0.15, 0.2) is 5.76 Å². The van der Waals surface area contributed by atoms with Crippen molar-refractivity contribution in [3.05, 3.63) is 88.5 Å². The molecular weight excluding hydrogens is 340 g/mol. The number of Topliss-reactive ketones (excluding diaryl/α,β-unsaturated/α-hetero) is 1. The average Bonchev–Trinajstić information content (AvgIpc) is 3.23. The van der Waals surface area contributed by atoms with Crippen molar-refractivity contribution in [1.29, 1.82) is 0 Å². The fraction of sp³-hybridized carbons (Fsp3) is 0.0500. The number of fused-ring (bicyclic) bond motifs is 1. The zero-order chi connectivity index (χ0) is 17.2. The van der Waals surface area contributed by atoms with Gasteiger partial charge in [-0.05, 0) is 30.3 Å². The Bertz CT molecular complexity index is 958. The summed E-state index contributed by atoms with van der Waals surface area (Å²) in [4.78, 5) is 12.4. The normalized spacial score (nSPS) is 14.4. The smallest absolute Gasteiger partial charge is 0.232 e. The summed E-state index contributed by atoms with van der Waals surface area (Å²) < 4.78 is 16.6. The van der Waals surface area contributed by atoms with Gasteiger partial charge in [-0.15, -0.1) is 0 Å². The maximum absolute atomic E-state index is 12.4. The first-order valence-electron chi connectivity index (χ1n) is 7.69. The van der Waals surface area contributed by atoms with Crippen LogP contribution in [0.25, 0.3) is 6.08 Å². The highest BCUT2D eigenvalue weighted by Crippen LogP contribution is 2.35. The number of carbonyl (C=O) groups excluding carboxylic acids is 1. The van der Waals surface area contributed by atoms with Crippen molar-refractivity contribution in [2.24, 2.45) is 0 Å². The van der Waals surface area contributed by atoms with E-state index in [1.165, 1.54) is 0 Å². The predicted molar refractivity (Wildman–Crippen MR) is 93.9 cm³/mol. The maximum Gasteiger partial charge on any atom is 0.232 e. The van der Waals surface area contributed by atoms with Crippen molar-refractivity contribution in [2.75, 3.05) is 0 Å². The molecule has 0 atom stereocenters. The summed E-state index contributed by atoms with van der Waals surface area (Å²) in [5.41, 5.74) is 1.39. The van der Waals surface area contributed by atoms with E-state index in [1.54, 1.807) is 42.7 Å². The van der Waals surface area contributed by atoms with Crippen LogP contribution in [0.2, 0.25) is 5.02 Å². The Balaban J connectivity index is 1.52. The molecule has 1 aliphatic heterocycles. The van der Waals surface area contributed by atoms with E-state index in [2.05, 4.69) is 0 Å². The lowest BCUT2D eigenvalue weighted by molar-refractivity contribution is 0.101. The molecule has 4 rings (SSSR count). The number of carbonyl (C=O) groups is 1. The van der Waals surface area contributed by atoms with Crippen LogP contribution in [0.5, 0.6) is 11.5 Å². The lowest BCUT2D eigenvalue weighted by atomic mass is 10.1. The van der Waals surface area contributed by atoms with Gasteiger partial charge in [0.05, 0.1) is 11.8 Å². The Morgan fingerprint density at radius 2 is 1.96 bits per heavy atom. The largest absolute Gasteiger partial charge is 0.489 e. The van der Waals surface area contributed by atoms with E-state index in [0.29, 0.717) is 34.5 Å². The van der Waals surface area contributed by atoms with Crippen molar-refractivity contribution >= 4 is 23.5 Å². The summed E-state index contributed by atoms with van der Waals surface area (Å²) in [6.45, 7) is 0.335. The molecule has 4 nitrogen and oxygen atoms in total. The number of benzene rings is 2. The zero-order valence-corrected chi connectivity index (χ0v) is 13.8. The number of allylic oxidation sites excluding steroid dienone is 1. The molecule has 0 amide bonds. The lowest BCUT2D eigenvalue weighted by Gasteiger charge is -2.08. The molecule has 5 heteroatoms. The molecule has 0 N–H and O–H groups in total. The summed E-state index contributed by atoms with van der Waals surface area (Å²) in [5, 5.41) is 0.652. The summed E-state index contributed by atoms with van der Waals surface area (Å²) in [6, 6.07) is 16.1. The quantitative estimate of drug-likeness (QED) is 0.611. The standard InChI is InChI=1S/C20H13ClO4/c21-17-6-2-1-4-13(17)12-24-15-7-8-16-18(10-15)25-19(20(16)22)11-14-5-3-9-23-14/h1-11H,12H2/b19-11-. The Morgan fingerprint density at radius 1 is 1.08 bits per heavy atom. The third-order valence-electron chi connectivity index (χ3n) is 3.81. The second-order valence-electron chi connectivity index (χ2n) is 5.49. The zero-order valence-electron chi connectivity index (χ0n) is 13.1. The van der Waals surface area contributed by atoms with E-state index in [-0.39, 0.29) is 11.5 Å². The van der Waals surface area contributed by atoms with Crippen LogP contribution in [0.1, 0.15) is 21.7 Å². The molecule has 0 saturated heterocycles. The summed E-state index contributed by atoms with van der Waals surface area (Å²) in [7, 11) is 0. The van der Waals surface area contributed by atoms with Gasteiger partial charge in [-0.3, -0.25) is 4.79 Å². The second-order valence-corrected chi connectivity index (χ2v) is 5.90. The second kappa shape index (κ2) is 6.49. The number of rotatable bonds is 4. The first kappa shape index (κ1) is 15.5. The third kappa shape index (κ3) is 3.16. The number of ether oxygens (including phenoxy) is 2. The van der Waals surface area contributed by atoms with Crippen molar-refractivity contribution in [2.45, 2.75) is 6.61 Å². The van der Waals surface area contributed by atoms with Gasteiger partial charge < -0.3 is 13.9 Å². The van der Waals surface area contributed by atoms with Crippen LogP contribution in [-0.2, 0) is 6.61 Å². The monoisotopic (exact) mass is 352 g/mol. The van der Waals surface area contributed by atoms with Crippen molar-refractivity contribution in [3.63, 3.8) is 0 Å². The molecule has 0 bridgehead atoms. The Labute approximate surface area is 149 Å². The topological polar surface area (TPSA) is 48.7 Å². The molecule has 0 spiro atoms. The van der Waals surface area contributed by atoms with Crippen molar-refractivity contribution < 1.29 is 18.7 Å². The van der Waals surface area contributed by atoms with Gasteiger partial charge in [-0.1, -0.05) is 29.8 Å². The van der Waals surface area contributed by atoms with E-state index in [9.17, 15) is 4.79 Å². The molecule has 3 aromatic rings. The van der Waals surface area contributed by atoms with Crippen LogP contribution in [0.3, 0.4) is 0 Å². The number of hydrogen-bond acceptors (Lipinski definition) is 4. The third-order valence-corrected chi connectivity index (χ3v) is 4.18. The molecule has 1 aromatic heterocycles. The molecule has 0 saturated carbocycles. The Kier molecular flexibility index (Phi) is 4.04. The summed E-state index contributed by atoms with van der Waals surface area (Å²) in [6.07, 6.45) is 3.12. The van der Waals surface area contributed by atoms with E-state index in [1.807, 2.05) is 24.3 Å². The summed E-state index contributed by atoms with van der Waals surface area (Å²) >= 11 is 6.12. The van der Waals surface area contributed by atoms with Crippen LogP contribution < -0.4 is 9.47 Å². The van der Waals surface area contributed by atoms with Gasteiger partial charge >= 0.3 is 0 Å². The molecule has 1 aliphatic rings. The predicted octanol–water partition coefficient (Wildman–Crippen LogP) is 5.13. The fourth-order valence-corrected chi connectivity index (χ4v) is 2.73. The minimum Gasteiger partial charge on any atom is -0.489 e. The molecule has 0 unspecified atom stereocenters. The summed E-state index contributed by atoms with van der Waals surface area (Å²) in [5.74, 6) is 1.69. The van der Waals surface area contributed by atoms with Gasteiger partial charge in [-0.2, -0.15) is 0 Å². The van der Waals surface area contributed by atoms with Gasteiger partial charge in [0.2, 0.25) is 5.78 Å². The Hall–Kier alpha value is -2.98. The van der Waals surface area contributed by atoms with Crippen LogP contribution in [-0.4, -0.2) is 5.78 Å². The highest BCUT2D eigenvalue weighted by molar-refractivity contribution is 6.31. The van der Waals surface area contributed by atoms with Gasteiger partial charge in [0.1, 0.15) is 23.9 Å². The Morgan fingerprint density at radius 3 is 2.76 bits per heavy atom. The first-order chi connectivity index (χ1) is 12.2. The SMILES string of the molecule is O=C1/C(=C/c2ccco2)Oc2cc(OCc3ccccc3Cl)ccc21. The number of halogens is 1. The van der Waals surface area contributed by atoms with Gasteiger partial charge in [0, 0.05) is 22.7 Å². The first-order valence-corrected chi connectivity index (χ1v) is 8.06. The highest BCUT2D eigenvalue weighted by Gasteiger charge is 2.28. The van der Waals surface area contributed by atoms with Crippen molar-refractivity contribution in [3.8, 4) is 11.5 Å². The van der Waals surface area contributed by atoms with Crippen LogP contribution >= 0.6 is 11.6 Å². The molecular formula is C20H13ClO4. The minimum atomic E-state index is -0.177. The number of furan rings is 1. The molecule has 25 heavy (non-hydrogen) atoms. The van der Waals surface area contributed by atoms with Gasteiger partial charge in [-0.25, -0.2) is 0 Å². The van der Waals surface area contributed by atoms with Gasteiger partial charge in [0.25, 0.3) is 0 Å². The highest BCUT2D eigenvalue weighted by atomic mass is 35.5. The molecule has 0 aliphatic carbocycles. The van der Waals surface area contributed by atoms with E-state index in [4.69, 9.17) is 25.5 Å². The fourth-order valence-electron chi connectivity index (χ4n) is 2.54. The maximum atomic E-state index is 12.4. The number of ketones is 1. The van der Waals surface area contributed by atoms with E-state index in [0.717, 1.165) is 5.56 Å². The molecule has 2 aromatic carbocycles. The molecule has 2 heterocycles. The average molecular weight is 353 g/mol. The lowest BCUT2D eigenvalue weighted by Crippen LogP contribution is -1.97. The van der Waals surface area contributed by atoms with E-state index < -0.39 is 0 Å². The van der Waals surface area contributed by atoms with Crippen LogP contribution in [0.15, 0.2) is 71.0 Å². The number of hydrogen-bond donors (Lipinski definition) is 0. The van der Waals surface area contributed by atoms with E-state index >= 15 is 0 Å². The van der Waals surface area contributed by atoms with Crippen LogP contribution in [0, 0.1) is 0 Å². The minimum absolute atomic E-state index is 0.177. The van der Waals surface area contributed by atoms with Crippen molar-refractivity contribution in [1.82, 2.24) is 0 Å². The molecule has 124 valence electrons. The molecule has 0 radical (unpaired) electrons. The van der Waals surface area contributed by atoms with Crippen LogP contribution in [0.4, 0.5) is 0 Å².